The lowest BCUT2D eigenvalue weighted by atomic mass is 10.1. The van der Waals surface area contributed by atoms with Crippen LogP contribution in [0.5, 0.6) is 0 Å². The summed E-state index contributed by atoms with van der Waals surface area (Å²) in [6.45, 7) is 2.46. The molecule has 0 aliphatic carbocycles. The highest BCUT2D eigenvalue weighted by atomic mass is 32.2. The molecule has 184 valence electrons. The monoisotopic (exact) mass is 475 g/mol. The number of hydrogen-bond donors (Lipinski definition) is 7. The van der Waals surface area contributed by atoms with Crippen LogP contribution in [0, 0.1) is 0 Å². The van der Waals surface area contributed by atoms with Crippen molar-refractivity contribution in [1.29, 1.82) is 0 Å². The summed E-state index contributed by atoms with van der Waals surface area (Å²) in [4.78, 5) is 49.5. The van der Waals surface area contributed by atoms with Gasteiger partial charge in [-0.3, -0.25) is 14.4 Å². The van der Waals surface area contributed by atoms with Crippen molar-refractivity contribution in [3.05, 3.63) is 0 Å². The molecule has 1 aliphatic heterocycles. The third-order valence-electron chi connectivity index (χ3n) is 5.25. The molecule has 5 atom stereocenters. The van der Waals surface area contributed by atoms with Crippen LogP contribution in [0.15, 0.2) is 0 Å². The number of carboxylic acids is 1. The number of hydrogen-bond acceptors (Lipinski definition) is 8. The molecule has 1 rings (SSSR count). The standard InChI is InChI=1S/C20H37N5O6S/c1-12(26)16(20(30)31)25-19(29)15(8-11-32-2)24-18(28)14(6-3-4-9-21)23-17(27)13-7-5-10-22-13/h12-16,22,26H,3-11,21H2,1-2H3,(H,23,27)(H,24,28)(H,25,29)(H,30,31). The zero-order valence-electron chi connectivity index (χ0n) is 18.8. The number of thioether (sulfide) groups is 1. The molecule has 0 aromatic heterocycles. The van der Waals surface area contributed by atoms with E-state index in [-0.39, 0.29) is 18.4 Å². The molecule has 0 bridgehead atoms. The molecule has 5 unspecified atom stereocenters. The van der Waals surface area contributed by atoms with Crippen LogP contribution < -0.4 is 27.0 Å². The lowest BCUT2D eigenvalue weighted by Crippen LogP contribution is -2.58. The third kappa shape index (κ3) is 9.72. The summed E-state index contributed by atoms with van der Waals surface area (Å²) in [5, 5.41) is 29.6. The van der Waals surface area contributed by atoms with Crippen LogP contribution in [-0.4, -0.2) is 89.3 Å². The molecular weight excluding hydrogens is 438 g/mol. The molecule has 11 nitrogen and oxygen atoms in total. The minimum Gasteiger partial charge on any atom is -0.480 e. The molecule has 1 fully saturated rings. The van der Waals surface area contributed by atoms with Gasteiger partial charge in [0.15, 0.2) is 6.04 Å². The van der Waals surface area contributed by atoms with Crippen LogP contribution in [0.1, 0.15) is 45.4 Å². The molecule has 3 amide bonds. The highest BCUT2D eigenvalue weighted by Gasteiger charge is 2.32. The predicted octanol–water partition coefficient (Wildman–Crippen LogP) is -1.46. The average molecular weight is 476 g/mol. The van der Waals surface area contributed by atoms with Gasteiger partial charge >= 0.3 is 5.97 Å². The second-order valence-electron chi connectivity index (χ2n) is 7.90. The maximum Gasteiger partial charge on any atom is 0.328 e. The van der Waals surface area contributed by atoms with Crippen molar-refractivity contribution in [1.82, 2.24) is 21.3 Å². The van der Waals surface area contributed by atoms with Gasteiger partial charge in [-0.15, -0.1) is 0 Å². The van der Waals surface area contributed by atoms with E-state index < -0.39 is 42.0 Å². The summed E-state index contributed by atoms with van der Waals surface area (Å²) in [6, 6.07) is -3.69. The van der Waals surface area contributed by atoms with Crippen molar-refractivity contribution in [3.63, 3.8) is 0 Å². The number of aliphatic hydroxyl groups excluding tert-OH is 1. The quantitative estimate of drug-likeness (QED) is 0.139. The molecular formula is C20H37N5O6S. The van der Waals surface area contributed by atoms with Gasteiger partial charge in [-0.2, -0.15) is 11.8 Å². The normalized spacial score (nSPS) is 19.4. The fourth-order valence-corrected chi connectivity index (χ4v) is 3.83. The van der Waals surface area contributed by atoms with Crippen molar-refractivity contribution in [2.75, 3.05) is 25.1 Å². The molecule has 32 heavy (non-hydrogen) atoms. The number of carbonyl (C=O) groups excluding carboxylic acids is 3. The summed E-state index contributed by atoms with van der Waals surface area (Å²) in [5.74, 6) is -2.32. The van der Waals surface area contributed by atoms with E-state index >= 15 is 0 Å². The zero-order valence-corrected chi connectivity index (χ0v) is 19.6. The van der Waals surface area contributed by atoms with E-state index in [0.29, 0.717) is 38.0 Å². The molecule has 1 heterocycles. The maximum absolute atomic E-state index is 13.0. The molecule has 8 N–H and O–H groups in total. The largest absolute Gasteiger partial charge is 0.480 e. The lowest BCUT2D eigenvalue weighted by Gasteiger charge is -2.25. The number of carboxylic acid groups (broad SMARTS) is 1. The van der Waals surface area contributed by atoms with Crippen molar-refractivity contribution in [2.45, 2.75) is 75.7 Å². The molecule has 0 aromatic carbocycles. The Morgan fingerprint density at radius 1 is 1.09 bits per heavy atom. The number of nitrogens with one attached hydrogen (secondary N) is 4. The van der Waals surface area contributed by atoms with Gasteiger partial charge in [0.05, 0.1) is 12.1 Å². The van der Waals surface area contributed by atoms with Gasteiger partial charge in [-0.1, -0.05) is 0 Å². The highest BCUT2D eigenvalue weighted by molar-refractivity contribution is 7.98. The number of aliphatic carboxylic acids is 1. The number of rotatable bonds is 15. The van der Waals surface area contributed by atoms with Gasteiger partial charge in [0.1, 0.15) is 12.1 Å². The van der Waals surface area contributed by atoms with Crippen molar-refractivity contribution in [2.24, 2.45) is 5.73 Å². The summed E-state index contributed by atoms with van der Waals surface area (Å²) >= 11 is 1.47. The van der Waals surface area contributed by atoms with Gasteiger partial charge in [0, 0.05) is 0 Å². The minimum atomic E-state index is -1.50. The van der Waals surface area contributed by atoms with Crippen LogP contribution in [0.2, 0.25) is 0 Å². The second kappa shape index (κ2) is 15.0. The van der Waals surface area contributed by atoms with Crippen LogP contribution in [0.3, 0.4) is 0 Å². The molecule has 0 aromatic rings. The van der Waals surface area contributed by atoms with Crippen LogP contribution in [0.4, 0.5) is 0 Å². The van der Waals surface area contributed by atoms with E-state index in [1.165, 1.54) is 18.7 Å². The number of amides is 3. The Kier molecular flexibility index (Phi) is 13.2. The first-order valence-electron chi connectivity index (χ1n) is 11.0. The van der Waals surface area contributed by atoms with E-state index in [1.54, 1.807) is 0 Å². The Hall–Kier alpha value is -1.89. The van der Waals surface area contributed by atoms with E-state index in [2.05, 4.69) is 21.3 Å². The Morgan fingerprint density at radius 2 is 1.75 bits per heavy atom. The summed E-state index contributed by atoms with van der Waals surface area (Å²) < 4.78 is 0. The van der Waals surface area contributed by atoms with Gasteiger partial charge in [-0.25, -0.2) is 4.79 Å². The van der Waals surface area contributed by atoms with E-state index in [9.17, 15) is 29.4 Å². The average Bonchev–Trinajstić information content (AvgIpc) is 3.28. The number of nitrogens with two attached hydrogens (primary N) is 1. The molecule has 0 spiro atoms. The van der Waals surface area contributed by atoms with Gasteiger partial charge in [0.25, 0.3) is 0 Å². The predicted molar refractivity (Wildman–Crippen MR) is 122 cm³/mol. The van der Waals surface area contributed by atoms with Gasteiger partial charge < -0.3 is 37.2 Å². The third-order valence-corrected chi connectivity index (χ3v) is 5.89. The van der Waals surface area contributed by atoms with Crippen LogP contribution in [0.25, 0.3) is 0 Å². The smallest absolute Gasteiger partial charge is 0.328 e. The topological polar surface area (TPSA) is 183 Å². The first kappa shape index (κ1) is 28.1. The number of carbonyl (C=O) groups is 4. The first-order valence-corrected chi connectivity index (χ1v) is 12.3. The molecule has 0 saturated carbocycles. The van der Waals surface area contributed by atoms with E-state index in [0.717, 1.165) is 13.0 Å². The van der Waals surface area contributed by atoms with Crippen molar-refractivity contribution in [3.8, 4) is 0 Å². The first-order chi connectivity index (χ1) is 15.2. The van der Waals surface area contributed by atoms with Crippen molar-refractivity contribution >= 4 is 35.5 Å². The van der Waals surface area contributed by atoms with Gasteiger partial charge in [-0.05, 0) is 70.5 Å². The van der Waals surface area contributed by atoms with Crippen molar-refractivity contribution < 1.29 is 29.4 Å². The Bertz CT molecular complexity index is 630. The Balaban J connectivity index is 2.88. The fraction of sp³-hybridized carbons (Fsp3) is 0.800. The molecule has 1 saturated heterocycles. The van der Waals surface area contributed by atoms with Gasteiger partial charge in [0.2, 0.25) is 17.7 Å². The summed E-state index contributed by atoms with van der Waals surface area (Å²) in [6.07, 6.45) is 4.05. The fourth-order valence-electron chi connectivity index (χ4n) is 3.36. The SMILES string of the molecule is CSCCC(NC(=O)C(CCCCN)NC(=O)C1CCCN1)C(=O)NC(C(=O)O)C(C)O. The van der Waals surface area contributed by atoms with E-state index in [4.69, 9.17) is 5.73 Å². The van der Waals surface area contributed by atoms with E-state index in [1.807, 2.05) is 6.26 Å². The Morgan fingerprint density at radius 3 is 2.28 bits per heavy atom. The lowest BCUT2D eigenvalue weighted by molar-refractivity contribution is -0.145. The number of unbranched alkanes of at least 4 members (excludes halogenated alkanes) is 1. The number of aliphatic hydroxyl groups is 1. The minimum absolute atomic E-state index is 0.262. The zero-order chi connectivity index (χ0) is 24.1. The van der Waals surface area contributed by atoms with Crippen LogP contribution >= 0.6 is 11.8 Å². The summed E-state index contributed by atoms with van der Waals surface area (Å²) in [7, 11) is 0. The summed E-state index contributed by atoms with van der Waals surface area (Å²) in [5.41, 5.74) is 5.54. The molecule has 12 heteroatoms. The second-order valence-corrected chi connectivity index (χ2v) is 8.89. The maximum atomic E-state index is 13.0. The Labute approximate surface area is 193 Å². The molecule has 1 aliphatic rings. The molecule has 0 radical (unpaired) electrons. The van der Waals surface area contributed by atoms with Crippen LogP contribution in [-0.2, 0) is 19.2 Å². The highest BCUT2D eigenvalue weighted by Crippen LogP contribution is 2.09.